The SMILES string of the molecule is C#CC[C@@H](O)CC.C=C(C[C@@H]1COC(C)(C)O1)S(=O)(=O)Cl.C=C(I)C[C@@H](O)CO.C=C(I)C[C@@H]1COC(C)(C)O1.CC[C@H](O)CC#C[Si](C)(C)C.CO.COC(C)(C)OC. The van der Waals surface area contributed by atoms with Crippen molar-refractivity contribution in [2.24, 2.45) is 0 Å². The van der Waals surface area contributed by atoms with Gasteiger partial charge in [-0.1, -0.05) is 53.2 Å². The largest absolute Gasteiger partial charge is 0.400 e. The van der Waals surface area contributed by atoms with Gasteiger partial charge in [0, 0.05) is 64.1 Å². The van der Waals surface area contributed by atoms with Gasteiger partial charge in [-0.2, -0.15) is 0 Å². The fraction of sp³-hybridized carbons (Fsp3) is 0.762. The molecule has 60 heavy (non-hydrogen) atoms. The molecule has 13 nitrogen and oxygen atoms in total. The van der Waals surface area contributed by atoms with Crippen molar-refractivity contribution in [3.8, 4) is 23.8 Å². The molecule has 0 spiro atoms. The van der Waals surface area contributed by atoms with Crippen LogP contribution < -0.4 is 0 Å². The van der Waals surface area contributed by atoms with E-state index in [0.29, 0.717) is 32.5 Å². The summed E-state index contributed by atoms with van der Waals surface area (Å²) in [6.45, 7) is 33.2. The van der Waals surface area contributed by atoms with E-state index in [-0.39, 0.29) is 42.3 Å². The van der Waals surface area contributed by atoms with Crippen molar-refractivity contribution in [3.05, 3.63) is 31.8 Å². The van der Waals surface area contributed by atoms with Crippen LogP contribution in [0.1, 0.15) is 100 Å². The Balaban J connectivity index is -0.000000204. The van der Waals surface area contributed by atoms with Crippen LogP contribution in [0.15, 0.2) is 31.8 Å². The molecule has 0 aromatic carbocycles. The lowest BCUT2D eigenvalue weighted by molar-refractivity contribution is -0.178. The molecule has 5 atom stereocenters. The molecule has 2 fully saturated rings. The van der Waals surface area contributed by atoms with Crippen LogP contribution in [0, 0.1) is 23.8 Å². The predicted molar refractivity (Wildman–Crippen MR) is 265 cm³/mol. The fourth-order valence-corrected chi connectivity index (χ4v) is 5.80. The molecule has 0 saturated carbocycles. The average molecular weight is 1140 g/mol. The van der Waals surface area contributed by atoms with Crippen LogP contribution in [0.3, 0.4) is 0 Å². The van der Waals surface area contributed by atoms with Crippen molar-refractivity contribution in [3.63, 3.8) is 0 Å². The van der Waals surface area contributed by atoms with Gasteiger partial charge in [-0.3, -0.25) is 0 Å². The summed E-state index contributed by atoms with van der Waals surface area (Å²) in [6.07, 6.45) is 7.91. The van der Waals surface area contributed by atoms with Crippen molar-refractivity contribution < 1.29 is 62.4 Å². The smallest absolute Gasteiger partial charge is 0.256 e. The van der Waals surface area contributed by atoms with Gasteiger partial charge in [0.2, 0.25) is 0 Å². The summed E-state index contributed by atoms with van der Waals surface area (Å²) in [4.78, 5) is -0.0366. The average Bonchev–Trinajstić information content (AvgIpc) is 3.66. The first-order valence-electron chi connectivity index (χ1n) is 19.3. The minimum atomic E-state index is -3.69. The van der Waals surface area contributed by atoms with Crippen LogP contribution in [0.4, 0.5) is 0 Å². The molecule has 2 rings (SSSR count). The van der Waals surface area contributed by atoms with Gasteiger partial charge in [0.15, 0.2) is 17.4 Å². The number of hydrogen-bond acceptors (Lipinski definition) is 13. The monoisotopic (exact) mass is 1140 g/mol. The highest BCUT2D eigenvalue weighted by molar-refractivity contribution is 14.1. The van der Waals surface area contributed by atoms with Gasteiger partial charge >= 0.3 is 0 Å². The van der Waals surface area contributed by atoms with Crippen LogP contribution in [0.2, 0.25) is 19.6 Å². The summed E-state index contributed by atoms with van der Waals surface area (Å²) in [6, 6.07) is 0. The van der Waals surface area contributed by atoms with E-state index in [2.05, 4.69) is 79.4 Å². The maximum atomic E-state index is 10.8. The topological polar surface area (TPSA) is 191 Å². The summed E-state index contributed by atoms with van der Waals surface area (Å²) < 4.78 is 55.0. The van der Waals surface area contributed by atoms with E-state index in [0.717, 1.165) is 33.5 Å². The Kier molecular flexibility index (Phi) is 42.6. The lowest BCUT2D eigenvalue weighted by Gasteiger charge is -2.19. The molecule has 2 saturated heterocycles. The molecule has 2 aliphatic heterocycles. The number of aliphatic hydroxyl groups excluding tert-OH is 5. The third kappa shape index (κ3) is 48.8. The van der Waals surface area contributed by atoms with Crippen molar-refractivity contribution in [2.75, 3.05) is 41.2 Å². The summed E-state index contributed by atoms with van der Waals surface area (Å²) in [7, 11) is 4.44. The number of hydrogen-bond donors (Lipinski definition) is 5. The fourth-order valence-electron chi connectivity index (χ4n) is 3.59. The highest BCUT2D eigenvalue weighted by Gasteiger charge is 2.34. The summed E-state index contributed by atoms with van der Waals surface area (Å²) >= 11 is 4.23. The molecule has 0 amide bonds. The van der Waals surface area contributed by atoms with Gasteiger partial charge in [-0.25, -0.2) is 8.42 Å². The molecular weight excluding hydrogens is 1060 g/mol. The van der Waals surface area contributed by atoms with Gasteiger partial charge in [0.25, 0.3) is 9.05 Å². The molecule has 5 N–H and O–H groups in total. The molecule has 2 aliphatic rings. The zero-order chi connectivity index (χ0) is 48.6. The highest BCUT2D eigenvalue weighted by Crippen LogP contribution is 2.28. The van der Waals surface area contributed by atoms with Crippen LogP contribution in [0.25, 0.3) is 0 Å². The lowest BCUT2D eigenvalue weighted by Crippen LogP contribution is -2.24. The minimum Gasteiger partial charge on any atom is -0.400 e. The Labute approximate surface area is 397 Å². The minimum absolute atomic E-state index is 0.0366. The summed E-state index contributed by atoms with van der Waals surface area (Å²) in [5.41, 5.74) is 3.22. The van der Waals surface area contributed by atoms with Crippen molar-refractivity contribution in [2.45, 2.75) is 168 Å². The molecule has 18 heteroatoms. The standard InChI is InChI=1S/C9H18OSi.C8H13ClO4S.C8H13IO2.C6H10O.C5H9IO2.C5H12O2.CH4O/c1-5-9(10)7-6-8-11(2,3)4;1-6(14(9,10)11)4-7-5-12-8(2,3)13-7;1-6(9)4-7-5-10-8(2,3)11-7;1-3-5-6(7)4-2;1-4(6)2-5(8)3-7;1-5(2,6-3)7-4;1-2/h9-10H,5,7H2,1-4H3;7H,1,4-5H2,2-3H3;7H,1,4-5H2,2-3H3;1,6-7H,4-5H2,2H3;5,7-8H,1-3H2;1-4H3;2H,1H3/t9-;2*7-;6-;5-;;/m01101../s1. The summed E-state index contributed by atoms with van der Waals surface area (Å²) in [5.74, 6) is 3.95. The first kappa shape index (κ1) is 68.9. The predicted octanol–water partition coefficient (Wildman–Crippen LogP) is 8.20. The third-order valence-electron chi connectivity index (χ3n) is 7.13. The first-order valence-corrected chi connectivity index (χ1v) is 27.3. The third-order valence-corrected chi connectivity index (χ3v) is 10.5. The first-order chi connectivity index (χ1) is 27.2. The second-order valence-corrected chi connectivity index (χ2v) is 25.9. The second kappa shape index (κ2) is 37.1. The van der Waals surface area contributed by atoms with Gasteiger partial charge in [0.1, 0.15) is 8.07 Å². The molecule has 0 aromatic heterocycles. The molecule has 0 aliphatic carbocycles. The Morgan fingerprint density at radius 3 is 1.48 bits per heavy atom. The number of ether oxygens (including phenoxy) is 6. The quantitative estimate of drug-likeness (QED) is 0.0368. The highest BCUT2D eigenvalue weighted by atomic mass is 127. The Morgan fingerprint density at radius 1 is 0.867 bits per heavy atom. The van der Waals surface area contributed by atoms with Gasteiger partial charge in [-0.05, 0) is 107 Å². The van der Waals surface area contributed by atoms with Crippen molar-refractivity contribution in [1.82, 2.24) is 0 Å². The van der Waals surface area contributed by atoms with Crippen LogP contribution in [0.5, 0.6) is 0 Å². The molecule has 356 valence electrons. The van der Waals surface area contributed by atoms with E-state index >= 15 is 0 Å². The Hall–Kier alpha value is -0.183. The van der Waals surface area contributed by atoms with E-state index in [1.807, 2.05) is 64.1 Å². The van der Waals surface area contributed by atoms with Gasteiger partial charge in [0.05, 0.1) is 55.2 Å². The lowest BCUT2D eigenvalue weighted by atomic mass is 10.2. The number of methoxy groups -OCH3 is 2. The van der Waals surface area contributed by atoms with E-state index < -0.39 is 40.6 Å². The molecule has 0 bridgehead atoms. The van der Waals surface area contributed by atoms with Crippen LogP contribution >= 0.6 is 55.9 Å². The van der Waals surface area contributed by atoms with Gasteiger partial charge < -0.3 is 54.0 Å². The number of terminal acetylenes is 1. The van der Waals surface area contributed by atoms with E-state index in [9.17, 15) is 8.42 Å². The normalized spacial score (nSPS) is 18.7. The van der Waals surface area contributed by atoms with E-state index in [4.69, 9.17) is 71.1 Å². The summed E-state index contributed by atoms with van der Waals surface area (Å²) in [5, 5.41) is 41.9. The molecule has 2 heterocycles. The van der Waals surface area contributed by atoms with E-state index in [1.54, 1.807) is 28.1 Å². The van der Waals surface area contributed by atoms with Crippen molar-refractivity contribution >= 4 is 73.0 Å². The molecule has 0 unspecified atom stereocenters. The van der Waals surface area contributed by atoms with Crippen molar-refractivity contribution in [1.29, 1.82) is 0 Å². The Bertz CT molecular complexity index is 1370. The molecule has 0 aromatic rings. The number of rotatable bonds is 14. The zero-order valence-electron chi connectivity index (χ0n) is 38.7. The van der Waals surface area contributed by atoms with Crippen LogP contribution in [-0.2, 0) is 37.5 Å². The van der Waals surface area contributed by atoms with Gasteiger partial charge in [-0.15, -0.1) is 23.8 Å². The van der Waals surface area contributed by atoms with Crippen LogP contribution in [-0.4, -0.2) is 131 Å². The van der Waals surface area contributed by atoms with E-state index in [1.165, 1.54) is 0 Å². The number of halogens is 3. The Morgan fingerprint density at radius 2 is 1.27 bits per heavy atom. The number of aliphatic hydroxyl groups is 5. The maximum Gasteiger partial charge on any atom is 0.256 e. The molecular formula is C42H79ClI2O13SSi. The maximum absolute atomic E-state index is 10.8. The zero-order valence-corrected chi connectivity index (χ0v) is 45.6. The molecule has 0 radical (unpaired) electrons. The second-order valence-electron chi connectivity index (χ2n) is 15.5.